The van der Waals surface area contributed by atoms with Crippen LogP contribution in [0.2, 0.25) is 0 Å². The molecule has 2 fully saturated rings. The Morgan fingerprint density at radius 1 is 1.31 bits per heavy atom. The largest absolute Gasteiger partial charge is 0.364 e. The number of aryl methyl sites for hydroxylation is 1. The van der Waals surface area contributed by atoms with Crippen molar-refractivity contribution in [1.29, 1.82) is 0 Å². The topological polar surface area (TPSA) is 102 Å². The number of hydrogen-bond acceptors (Lipinski definition) is 7. The SMILES string of the molecule is CC1(C)CC2CC(C)(CN2c2ncnc(NCCCn3ccnc3)c2[N+](=O)[O-])C1. The third-order valence-electron chi connectivity index (χ3n) is 6.12. The molecule has 3 heterocycles. The standard InChI is InChI=1S/C20H29N7O2/c1-19(2)9-15-10-20(3,11-19)12-26(15)18-16(27(28)29)17(23-13-24-18)22-5-4-7-25-8-6-21-14-25/h6,8,13-15H,4-5,7,9-12H2,1-3H3,(H,22,23,24). The average Bonchev–Trinajstić information content (AvgIpc) is 3.23. The minimum atomic E-state index is -0.344. The molecule has 0 aromatic carbocycles. The molecule has 4 rings (SSSR count). The third-order valence-corrected chi connectivity index (χ3v) is 6.12. The van der Waals surface area contributed by atoms with E-state index in [1.165, 1.54) is 6.33 Å². The molecule has 2 aromatic rings. The first-order valence-corrected chi connectivity index (χ1v) is 10.2. The smallest absolute Gasteiger partial charge is 0.353 e. The van der Waals surface area contributed by atoms with Crippen molar-refractivity contribution in [1.82, 2.24) is 19.5 Å². The summed E-state index contributed by atoms with van der Waals surface area (Å²) in [6.07, 6.45) is 10.9. The normalized spacial score (nSPS) is 25.2. The van der Waals surface area contributed by atoms with E-state index in [2.05, 4.69) is 45.9 Å². The first-order valence-electron chi connectivity index (χ1n) is 10.2. The average molecular weight is 399 g/mol. The molecule has 1 N–H and O–H groups in total. The van der Waals surface area contributed by atoms with Gasteiger partial charge >= 0.3 is 5.69 Å². The Balaban J connectivity index is 1.53. The van der Waals surface area contributed by atoms with Crippen LogP contribution in [-0.4, -0.2) is 43.6 Å². The van der Waals surface area contributed by atoms with Gasteiger partial charge in [0.1, 0.15) is 6.33 Å². The molecule has 1 saturated carbocycles. The number of nitrogens with one attached hydrogen (secondary N) is 1. The third kappa shape index (κ3) is 4.04. The molecule has 2 bridgehead atoms. The molecular formula is C20H29N7O2. The highest BCUT2D eigenvalue weighted by Gasteiger charge is 2.51. The molecule has 2 unspecified atom stereocenters. The molecule has 1 aliphatic carbocycles. The van der Waals surface area contributed by atoms with Crippen molar-refractivity contribution in [2.45, 2.75) is 59.0 Å². The van der Waals surface area contributed by atoms with E-state index in [-0.39, 0.29) is 27.5 Å². The molecule has 29 heavy (non-hydrogen) atoms. The Kier molecular flexibility index (Phi) is 4.92. The molecule has 156 valence electrons. The van der Waals surface area contributed by atoms with E-state index in [0.717, 1.165) is 38.8 Å². The zero-order valence-electron chi connectivity index (χ0n) is 17.3. The van der Waals surface area contributed by atoms with Gasteiger partial charge < -0.3 is 14.8 Å². The predicted molar refractivity (Wildman–Crippen MR) is 111 cm³/mol. The Bertz CT molecular complexity index is 883. The Morgan fingerprint density at radius 3 is 2.86 bits per heavy atom. The number of fused-ring (bicyclic) bond motifs is 2. The second-order valence-electron chi connectivity index (χ2n) is 9.57. The monoisotopic (exact) mass is 399 g/mol. The van der Waals surface area contributed by atoms with Gasteiger partial charge in [0.2, 0.25) is 11.6 Å². The van der Waals surface area contributed by atoms with E-state index in [9.17, 15) is 10.1 Å². The van der Waals surface area contributed by atoms with Crippen LogP contribution < -0.4 is 10.2 Å². The number of hydrogen-bond donors (Lipinski definition) is 1. The zero-order chi connectivity index (χ0) is 20.6. The van der Waals surface area contributed by atoms with Crippen molar-refractivity contribution in [3.05, 3.63) is 35.2 Å². The lowest BCUT2D eigenvalue weighted by Gasteiger charge is -2.39. The maximum atomic E-state index is 12.0. The number of nitro groups is 1. The summed E-state index contributed by atoms with van der Waals surface area (Å²) in [4.78, 5) is 26.4. The van der Waals surface area contributed by atoms with E-state index in [0.29, 0.717) is 18.2 Å². The van der Waals surface area contributed by atoms with Crippen molar-refractivity contribution >= 4 is 17.3 Å². The van der Waals surface area contributed by atoms with Crippen molar-refractivity contribution in [3.63, 3.8) is 0 Å². The Morgan fingerprint density at radius 2 is 2.14 bits per heavy atom. The summed E-state index contributed by atoms with van der Waals surface area (Å²) in [5, 5.41) is 15.1. The summed E-state index contributed by atoms with van der Waals surface area (Å²) >= 11 is 0. The summed E-state index contributed by atoms with van der Waals surface area (Å²) in [6, 6.07) is 0.284. The van der Waals surface area contributed by atoms with Gasteiger partial charge in [0.25, 0.3) is 0 Å². The fraction of sp³-hybridized carbons (Fsp3) is 0.650. The van der Waals surface area contributed by atoms with E-state index < -0.39 is 0 Å². The van der Waals surface area contributed by atoms with E-state index >= 15 is 0 Å². The number of anilines is 2. The summed E-state index contributed by atoms with van der Waals surface area (Å²) in [7, 11) is 0. The van der Waals surface area contributed by atoms with Crippen LogP contribution in [0.1, 0.15) is 46.5 Å². The Hall–Kier alpha value is -2.71. The van der Waals surface area contributed by atoms with Crippen LogP contribution in [0.5, 0.6) is 0 Å². The molecule has 1 saturated heterocycles. The molecular weight excluding hydrogens is 370 g/mol. The highest BCUT2D eigenvalue weighted by molar-refractivity contribution is 5.71. The molecule has 0 radical (unpaired) electrons. The lowest BCUT2D eigenvalue weighted by Crippen LogP contribution is -2.35. The zero-order valence-corrected chi connectivity index (χ0v) is 17.3. The first-order chi connectivity index (χ1) is 13.8. The predicted octanol–water partition coefficient (Wildman–Crippen LogP) is 3.49. The molecule has 2 aromatic heterocycles. The van der Waals surface area contributed by atoms with Crippen LogP contribution >= 0.6 is 0 Å². The van der Waals surface area contributed by atoms with Gasteiger partial charge in [-0.1, -0.05) is 20.8 Å². The van der Waals surface area contributed by atoms with Gasteiger partial charge in [0.15, 0.2) is 0 Å². The summed E-state index contributed by atoms with van der Waals surface area (Å²) < 4.78 is 1.98. The lowest BCUT2D eigenvalue weighted by molar-refractivity contribution is -0.383. The highest BCUT2D eigenvalue weighted by atomic mass is 16.6. The highest BCUT2D eigenvalue weighted by Crippen LogP contribution is 2.54. The number of nitrogens with zero attached hydrogens (tertiary/aromatic N) is 6. The second kappa shape index (κ2) is 7.27. The molecule has 0 spiro atoms. The minimum Gasteiger partial charge on any atom is -0.364 e. The second-order valence-corrected chi connectivity index (χ2v) is 9.57. The van der Waals surface area contributed by atoms with Crippen molar-refractivity contribution in [2.75, 3.05) is 23.3 Å². The minimum absolute atomic E-state index is 0.0101. The Labute approximate surface area is 170 Å². The van der Waals surface area contributed by atoms with Crippen LogP contribution in [0, 0.1) is 20.9 Å². The summed E-state index contributed by atoms with van der Waals surface area (Å²) in [6.45, 7) is 9.07. The van der Waals surface area contributed by atoms with Crippen LogP contribution in [0.15, 0.2) is 25.0 Å². The molecule has 2 aliphatic rings. The maximum Gasteiger partial charge on any atom is 0.353 e. The van der Waals surface area contributed by atoms with Gasteiger partial charge in [0, 0.05) is 38.1 Å². The van der Waals surface area contributed by atoms with Crippen molar-refractivity contribution < 1.29 is 4.92 Å². The summed E-state index contributed by atoms with van der Waals surface area (Å²) in [5.41, 5.74) is 0.399. The van der Waals surface area contributed by atoms with Crippen molar-refractivity contribution in [3.8, 4) is 0 Å². The fourth-order valence-electron chi connectivity index (χ4n) is 5.47. The number of rotatable bonds is 7. The van der Waals surface area contributed by atoms with Gasteiger partial charge in [-0.2, -0.15) is 0 Å². The summed E-state index contributed by atoms with van der Waals surface area (Å²) in [5.74, 6) is 0.755. The molecule has 1 aliphatic heterocycles. The molecule has 9 nitrogen and oxygen atoms in total. The molecule has 9 heteroatoms. The number of aromatic nitrogens is 4. The molecule has 2 atom stereocenters. The maximum absolute atomic E-state index is 12.0. The quantitative estimate of drug-likeness (QED) is 0.432. The number of imidazole rings is 1. The van der Waals surface area contributed by atoms with Gasteiger partial charge in [-0.05, 0) is 36.5 Å². The van der Waals surface area contributed by atoms with Gasteiger partial charge in [-0.3, -0.25) is 10.1 Å². The van der Waals surface area contributed by atoms with Crippen LogP contribution in [-0.2, 0) is 6.54 Å². The van der Waals surface area contributed by atoms with E-state index in [4.69, 9.17) is 0 Å². The van der Waals surface area contributed by atoms with E-state index in [1.54, 1.807) is 12.5 Å². The first kappa shape index (κ1) is 19.6. The van der Waals surface area contributed by atoms with Gasteiger partial charge in [-0.15, -0.1) is 0 Å². The van der Waals surface area contributed by atoms with Crippen LogP contribution in [0.4, 0.5) is 17.3 Å². The van der Waals surface area contributed by atoms with Crippen LogP contribution in [0.25, 0.3) is 0 Å². The van der Waals surface area contributed by atoms with E-state index in [1.807, 2.05) is 10.8 Å². The fourth-order valence-corrected chi connectivity index (χ4v) is 5.47. The van der Waals surface area contributed by atoms with Gasteiger partial charge in [0.05, 0.1) is 11.3 Å². The van der Waals surface area contributed by atoms with Gasteiger partial charge in [-0.25, -0.2) is 15.0 Å². The van der Waals surface area contributed by atoms with Crippen LogP contribution in [0.3, 0.4) is 0 Å². The van der Waals surface area contributed by atoms with Crippen molar-refractivity contribution in [2.24, 2.45) is 10.8 Å². The lowest BCUT2D eigenvalue weighted by atomic mass is 9.65. The molecule has 0 amide bonds.